The van der Waals surface area contributed by atoms with Crippen LogP contribution in [-0.4, -0.2) is 23.0 Å². The molecule has 2 aromatic rings. The van der Waals surface area contributed by atoms with Crippen molar-refractivity contribution in [1.29, 1.82) is 0 Å². The summed E-state index contributed by atoms with van der Waals surface area (Å²) in [5.74, 6) is -0.169. The molecule has 0 radical (unpaired) electrons. The normalized spacial score (nSPS) is 10.2. The number of nitrogens with zero attached hydrogens (tertiary/aromatic N) is 2. The average Bonchev–Trinajstić information content (AvgIpc) is 2.42. The van der Waals surface area contributed by atoms with Crippen LogP contribution in [0.1, 0.15) is 21.7 Å². The third-order valence-electron chi connectivity index (χ3n) is 2.76. The molecule has 0 aliphatic heterocycles. The summed E-state index contributed by atoms with van der Waals surface area (Å²) in [6.45, 7) is 3.67. The summed E-state index contributed by atoms with van der Waals surface area (Å²) in [5, 5.41) is 3.71. The number of halogens is 1. The van der Waals surface area contributed by atoms with Gasteiger partial charge < -0.3 is 10.1 Å². The second-order valence-electron chi connectivity index (χ2n) is 4.25. The molecule has 0 fully saturated rings. The Kier molecular flexibility index (Phi) is 4.20. The van der Waals surface area contributed by atoms with Crippen molar-refractivity contribution in [2.75, 3.05) is 12.4 Å². The number of aryl methyl sites for hydroxylation is 1. The minimum Gasteiger partial charge on any atom is -0.464 e. The number of nitrogens with one attached hydrogen (secondary N) is 1. The van der Waals surface area contributed by atoms with Gasteiger partial charge in [0.05, 0.1) is 7.11 Å². The van der Waals surface area contributed by atoms with Crippen LogP contribution in [0.4, 0.5) is 11.6 Å². The highest BCUT2D eigenvalue weighted by atomic mass is 35.5. The van der Waals surface area contributed by atoms with E-state index in [1.807, 2.05) is 19.1 Å². The van der Waals surface area contributed by atoms with Crippen LogP contribution < -0.4 is 5.32 Å². The fourth-order valence-electron chi connectivity index (χ4n) is 1.70. The second kappa shape index (κ2) is 5.88. The van der Waals surface area contributed by atoms with Gasteiger partial charge in [-0.05, 0) is 37.6 Å². The minimum absolute atomic E-state index is 0.210. The molecule has 0 unspecified atom stereocenters. The topological polar surface area (TPSA) is 64.1 Å². The van der Waals surface area contributed by atoms with Gasteiger partial charge in [0.25, 0.3) is 0 Å². The number of carbonyl (C=O) groups is 1. The SMILES string of the molecule is COC(=O)c1cc(C)nc(Nc2cccc(Cl)c2C)n1. The number of rotatable bonds is 3. The number of carbonyl (C=O) groups excluding carboxylic acids is 1. The van der Waals surface area contributed by atoms with E-state index in [0.29, 0.717) is 16.7 Å². The van der Waals surface area contributed by atoms with Gasteiger partial charge in [0.1, 0.15) is 0 Å². The molecular formula is C14H14ClN3O2. The Bertz CT molecular complexity index is 659. The van der Waals surface area contributed by atoms with E-state index < -0.39 is 5.97 Å². The van der Waals surface area contributed by atoms with E-state index in [1.165, 1.54) is 7.11 Å². The van der Waals surface area contributed by atoms with Crippen LogP contribution in [0.3, 0.4) is 0 Å². The summed E-state index contributed by atoms with van der Waals surface area (Å²) in [7, 11) is 1.31. The Labute approximate surface area is 122 Å². The minimum atomic E-state index is -0.499. The summed E-state index contributed by atoms with van der Waals surface area (Å²) < 4.78 is 4.66. The lowest BCUT2D eigenvalue weighted by Crippen LogP contribution is -2.09. The van der Waals surface area contributed by atoms with E-state index in [1.54, 1.807) is 19.1 Å². The van der Waals surface area contributed by atoms with Crippen LogP contribution in [0.2, 0.25) is 5.02 Å². The third kappa shape index (κ3) is 3.05. The van der Waals surface area contributed by atoms with Crippen LogP contribution in [0.5, 0.6) is 0 Å². The first-order chi connectivity index (χ1) is 9.51. The first kappa shape index (κ1) is 14.3. The predicted molar refractivity (Wildman–Crippen MR) is 77.6 cm³/mol. The van der Waals surface area contributed by atoms with Crippen LogP contribution in [0, 0.1) is 13.8 Å². The maximum Gasteiger partial charge on any atom is 0.356 e. The van der Waals surface area contributed by atoms with Crippen molar-refractivity contribution in [3.05, 3.63) is 46.2 Å². The van der Waals surface area contributed by atoms with Crippen molar-refractivity contribution in [3.8, 4) is 0 Å². The molecule has 5 nitrogen and oxygen atoms in total. The van der Waals surface area contributed by atoms with E-state index in [-0.39, 0.29) is 5.69 Å². The highest BCUT2D eigenvalue weighted by Crippen LogP contribution is 2.25. The standard InChI is InChI=1S/C14H14ClN3O2/c1-8-7-12(13(19)20-3)18-14(16-8)17-11-6-4-5-10(15)9(11)2/h4-7H,1-3H3,(H,16,17,18). The van der Waals surface area contributed by atoms with Gasteiger partial charge in [0.15, 0.2) is 5.69 Å². The van der Waals surface area contributed by atoms with Crippen molar-refractivity contribution in [1.82, 2.24) is 9.97 Å². The molecule has 0 bridgehead atoms. The van der Waals surface area contributed by atoms with Crippen LogP contribution in [0.25, 0.3) is 0 Å². The van der Waals surface area contributed by atoms with Gasteiger partial charge in [-0.15, -0.1) is 0 Å². The van der Waals surface area contributed by atoms with E-state index in [2.05, 4.69) is 20.0 Å². The van der Waals surface area contributed by atoms with E-state index >= 15 is 0 Å². The molecule has 0 saturated carbocycles. The predicted octanol–water partition coefficient (Wildman–Crippen LogP) is 3.28. The van der Waals surface area contributed by atoms with Gasteiger partial charge in [0.2, 0.25) is 5.95 Å². The fraction of sp³-hybridized carbons (Fsp3) is 0.214. The number of hydrogen-bond acceptors (Lipinski definition) is 5. The molecule has 6 heteroatoms. The fourth-order valence-corrected chi connectivity index (χ4v) is 1.87. The molecule has 0 spiro atoms. The number of anilines is 2. The van der Waals surface area contributed by atoms with Gasteiger partial charge >= 0.3 is 5.97 Å². The largest absolute Gasteiger partial charge is 0.464 e. The lowest BCUT2D eigenvalue weighted by molar-refractivity contribution is 0.0594. The first-order valence-corrected chi connectivity index (χ1v) is 6.35. The maximum atomic E-state index is 11.5. The third-order valence-corrected chi connectivity index (χ3v) is 3.17. The van der Waals surface area contributed by atoms with Gasteiger partial charge in [0, 0.05) is 16.4 Å². The van der Waals surface area contributed by atoms with Crippen LogP contribution >= 0.6 is 11.6 Å². The number of methoxy groups -OCH3 is 1. The molecule has 1 aromatic carbocycles. The van der Waals surface area contributed by atoms with Crippen LogP contribution in [0.15, 0.2) is 24.3 Å². The van der Waals surface area contributed by atoms with Crippen LogP contribution in [-0.2, 0) is 4.74 Å². The summed E-state index contributed by atoms with van der Waals surface area (Å²) in [4.78, 5) is 19.9. The zero-order valence-corrected chi connectivity index (χ0v) is 12.2. The van der Waals surface area contributed by atoms with E-state index in [4.69, 9.17) is 11.6 Å². The Morgan fingerprint density at radius 3 is 2.75 bits per heavy atom. The molecular weight excluding hydrogens is 278 g/mol. The van der Waals surface area contributed by atoms with Gasteiger partial charge in [-0.1, -0.05) is 17.7 Å². The summed E-state index contributed by atoms with van der Waals surface area (Å²) in [6, 6.07) is 7.07. The Balaban J connectivity index is 2.36. The summed E-state index contributed by atoms with van der Waals surface area (Å²) in [6.07, 6.45) is 0. The molecule has 0 atom stereocenters. The number of hydrogen-bond donors (Lipinski definition) is 1. The smallest absolute Gasteiger partial charge is 0.356 e. The zero-order valence-electron chi connectivity index (χ0n) is 11.4. The van der Waals surface area contributed by atoms with E-state index in [9.17, 15) is 4.79 Å². The van der Waals surface area contributed by atoms with Gasteiger partial charge in [-0.25, -0.2) is 14.8 Å². The number of ether oxygens (including phenoxy) is 1. The Morgan fingerprint density at radius 2 is 2.05 bits per heavy atom. The highest BCUT2D eigenvalue weighted by molar-refractivity contribution is 6.31. The molecule has 0 aliphatic carbocycles. The Hall–Kier alpha value is -2.14. The monoisotopic (exact) mass is 291 g/mol. The first-order valence-electron chi connectivity index (χ1n) is 5.97. The van der Waals surface area contributed by atoms with Crippen molar-refractivity contribution in [2.24, 2.45) is 0 Å². The molecule has 0 saturated heterocycles. The summed E-state index contributed by atoms with van der Waals surface area (Å²) >= 11 is 6.06. The number of aromatic nitrogens is 2. The van der Waals surface area contributed by atoms with Crippen molar-refractivity contribution < 1.29 is 9.53 Å². The molecule has 2 rings (SSSR count). The van der Waals surface area contributed by atoms with E-state index in [0.717, 1.165) is 11.3 Å². The number of esters is 1. The maximum absolute atomic E-state index is 11.5. The second-order valence-corrected chi connectivity index (χ2v) is 4.65. The average molecular weight is 292 g/mol. The molecule has 1 N–H and O–H groups in total. The van der Waals surface area contributed by atoms with Crippen molar-refractivity contribution >= 4 is 29.2 Å². The summed E-state index contributed by atoms with van der Waals surface area (Å²) in [5.41, 5.74) is 2.56. The zero-order chi connectivity index (χ0) is 14.7. The van der Waals surface area contributed by atoms with Crippen molar-refractivity contribution in [3.63, 3.8) is 0 Å². The molecule has 20 heavy (non-hydrogen) atoms. The van der Waals surface area contributed by atoms with Gasteiger partial charge in [-0.3, -0.25) is 0 Å². The molecule has 0 amide bonds. The lowest BCUT2D eigenvalue weighted by Gasteiger charge is -2.10. The molecule has 0 aliphatic rings. The highest BCUT2D eigenvalue weighted by Gasteiger charge is 2.11. The number of benzene rings is 1. The molecule has 1 aromatic heterocycles. The molecule has 1 heterocycles. The lowest BCUT2D eigenvalue weighted by atomic mass is 10.2. The molecule has 104 valence electrons. The Morgan fingerprint density at radius 1 is 1.30 bits per heavy atom. The quantitative estimate of drug-likeness (QED) is 0.879. The van der Waals surface area contributed by atoms with Gasteiger partial charge in [-0.2, -0.15) is 0 Å². The van der Waals surface area contributed by atoms with Crippen molar-refractivity contribution in [2.45, 2.75) is 13.8 Å².